The number of ketones is 1. The van der Waals surface area contributed by atoms with E-state index in [1.165, 1.54) is 12.2 Å². The molecule has 7 nitrogen and oxygen atoms in total. The van der Waals surface area contributed by atoms with Crippen molar-refractivity contribution in [2.75, 3.05) is 12.2 Å². The molecule has 3 fully saturated rings. The van der Waals surface area contributed by atoms with E-state index in [0.29, 0.717) is 37.0 Å². The number of carbonyl (C=O) groups excluding carboxylic acids is 2. The zero-order valence-corrected chi connectivity index (χ0v) is 27.0. The van der Waals surface area contributed by atoms with E-state index in [9.17, 15) is 23.7 Å². The number of carbonyl (C=O) groups is 2. The van der Waals surface area contributed by atoms with Crippen molar-refractivity contribution in [2.45, 2.75) is 109 Å². The Balaban J connectivity index is 1.52. The van der Waals surface area contributed by atoms with Crippen molar-refractivity contribution in [3.05, 3.63) is 23.8 Å². The topological polar surface area (TPSA) is 121 Å². The summed E-state index contributed by atoms with van der Waals surface area (Å²) >= 11 is 0.295. The Morgan fingerprint density at radius 1 is 1.14 bits per heavy atom. The van der Waals surface area contributed by atoms with E-state index in [1.54, 1.807) is 12.3 Å². The molecule has 3 N–H and O–H groups in total. The van der Waals surface area contributed by atoms with Crippen LogP contribution >= 0.6 is 18.9 Å². The number of hydrogen-bond acceptors (Lipinski definition) is 5. The number of thiol groups is 1. The van der Waals surface area contributed by atoms with Gasteiger partial charge in [-0.15, -0.1) is 0 Å². The van der Waals surface area contributed by atoms with Crippen molar-refractivity contribution in [3.8, 4) is 0 Å². The number of aliphatic hydroxyl groups is 1. The van der Waals surface area contributed by atoms with E-state index in [1.807, 2.05) is 13.8 Å². The largest absolute Gasteiger partial charge is 0.453 e. The molecule has 0 bridgehead atoms. The molecular formula is C31H46F3O7PS. The zero-order valence-electron chi connectivity index (χ0n) is 25.2. The van der Waals surface area contributed by atoms with Crippen LogP contribution in [0, 0.1) is 28.6 Å². The lowest BCUT2D eigenvalue weighted by Crippen LogP contribution is -2.70. The Hall–Kier alpha value is -1.26. The predicted octanol–water partition coefficient (Wildman–Crippen LogP) is 5.94. The van der Waals surface area contributed by atoms with Crippen molar-refractivity contribution in [3.63, 3.8) is 0 Å². The molecular weight excluding hydrogens is 604 g/mol. The predicted molar refractivity (Wildman–Crippen MR) is 162 cm³/mol. The van der Waals surface area contributed by atoms with Gasteiger partial charge in [-0.05, 0) is 68.0 Å². The molecule has 0 saturated heterocycles. The Labute approximate surface area is 255 Å². The number of halogens is 3. The van der Waals surface area contributed by atoms with Crippen molar-refractivity contribution >= 4 is 36.1 Å². The van der Waals surface area contributed by atoms with Crippen molar-refractivity contribution in [1.82, 2.24) is 0 Å². The van der Waals surface area contributed by atoms with Gasteiger partial charge in [-0.25, -0.2) is 13.2 Å². The normalized spacial score (nSPS) is 40.8. The minimum atomic E-state index is -3.98. The first-order valence-electron chi connectivity index (χ1n) is 15.4. The molecule has 0 amide bonds. The van der Waals surface area contributed by atoms with E-state index < -0.39 is 71.6 Å². The van der Waals surface area contributed by atoms with E-state index in [-0.39, 0.29) is 36.9 Å². The van der Waals surface area contributed by atoms with Crippen molar-refractivity contribution in [1.29, 1.82) is 0 Å². The van der Waals surface area contributed by atoms with Crippen LogP contribution in [-0.4, -0.2) is 67.7 Å². The molecule has 244 valence electrons. The highest BCUT2D eigenvalue weighted by atomic mass is 32.1. The number of alkyl halides is 3. The fourth-order valence-electron chi connectivity index (χ4n) is 8.78. The molecule has 0 unspecified atom stereocenters. The minimum absolute atomic E-state index is 0.0504. The average molecular weight is 651 g/mol. The molecule has 12 heteroatoms. The van der Waals surface area contributed by atoms with Gasteiger partial charge in [-0.2, -0.15) is 11.4 Å². The summed E-state index contributed by atoms with van der Waals surface area (Å²) in [5, 5.41) is 13.2. The molecule has 3 saturated carbocycles. The molecule has 0 aromatic rings. The van der Waals surface area contributed by atoms with E-state index in [0.717, 1.165) is 25.3 Å². The number of ether oxygens (including phenoxy) is 1. The van der Waals surface area contributed by atoms with Crippen LogP contribution in [-0.2, 0) is 18.9 Å². The SMILES string of the molecule is C[C@@H]1C[C@H]2[C@@H]3C[C@H](F)C4=CC(=O)C=C[C@]4(C)[C@@]3(F)[C@@H](O)C[C@]2(C)[C@]1(C=[SH]CF)OC(=O)CCCCCCCCP(=O)(O)O. The van der Waals surface area contributed by atoms with Gasteiger partial charge >= 0.3 is 13.6 Å². The molecule has 4 rings (SSSR count). The van der Waals surface area contributed by atoms with Crippen LogP contribution in [0.2, 0.25) is 0 Å². The van der Waals surface area contributed by atoms with Crippen LogP contribution in [0.4, 0.5) is 13.2 Å². The van der Waals surface area contributed by atoms with Gasteiger partial charge < -0.3 is 19.6 Å². The molecule has 0 aliphatic heterocycles. The number of hydrogen-bond donors (Lipinski definition) is 4. The summed E-state index contributed by atoms with van der Waals surface area (Å²) in [5.41, 5.74) is -5.96. The quantitative estimate of drug-likeness (QED) is 0.0679. The van der Waals surface area contributed by atoms with E-state index in [4.69, 9.17) is 14.5 Å². The summed E-state index contributed by atoms with van der Waals surface area (Å²) in [6.45, 7) is 5.27. The van der Waals surface area contributed by atoms with Gasteiger partial charge in [0.2, 0.25) is 0 Å². The molecule has 0 radical (unpaired) electrons. The van der Waals surface area contributed by atoms with Crippen LogP contribution in [0.3, 0.4) is 0 Å². The highest BCUT2D eigenvalue weighted by molar-refractivity contribution is 7.97. The third-order valence-corrected chi connectivity index (χ3v) is 12.6. The standard InChI is InChI=1S/C31H46F3O7PS/c1-20-14-22-23-16-25(33)24-15-21(35)11-12-28(24,2)31(23,34)26(36)17-29(22,3)30(20,18-43-19-32)41-27(37)10-8-6-4-5-7-9-13-42(38,39)40/h11-12,15,18,20,22-23,25-26,36,43H,4-10,13-14,16-17,19H2,1-3H3,(H2,38,39,40)/t20-,22+,23+,25+,26+,28+,29+,30-,31+/m1/s1. The van der Waals surface area contributed by atoms with Gasteiger partial charge in [-0.3, -0.25) is 14.2 Å². The summed E-state index contributed by atoms with van der Waals surface area (Å²) < 4.78 is 64.0. The maximum Gasteiger partial charge on any atom is 0.325 e. The van der Waals surface area contributed by atoms with Crippen LogP contribution in [0.1, 0.15) is 85.0 Å². The van der Waals surface area contributed by atoms with Crippen LogP contribution in [0.25, 0.3) is 0 Å². The van der Waals surface area contributed by atoms with Crippen LogP contribution in [0.5, 0.6) is 0 Å². The Morgan fingerprint density at radius 2 is 1.79 bits per heavy atom. The first-order valence-corrected chi connectivity index (χ1v) is 18.3. The van der Waals surface area contributed by atoms with Crippen LogP contribution in [0.15, 0.2) is 23.8 Å². The summed E-state index contributed by atoms with van der Waals surface area (Å²) in [5.74, 6) is -2.59. The maximum atomic E-state index is 17.5. The van der Waals surface area contributed by atoms with Gasteiger partial charge in [-0.1, -0.05) is 45.6 Å². The van der Waals surface area contributed by atoms with Gasteiger partial charge in [0.05, 0.1) is 6.10 Å². The fourth-order valence-corrected chi connectivity index (χ4v) is 10.4. The van der Waals surface area contributed by atoms with Crippen LogP contribution < -0.4 is 0 Å². The number of aliphatic hydroxyl groups excluding tert-OH is 1. The first kappa shape index (κ1) is 34.6. The number of allylic oxidation sites excluding steroid dienone is 4. The Bertz CT molecular complexity index is 1220. The third kappa shape index (κ3) is 6.15. The molecule has 4 aliphatic rings. The molecule has 43 heavy (non-hydrogen) atoms. The number of unbranched alkanes of at least 4 members (excludes halogenated alkanes) is 5. The second-order valence-electron chi connectivity index (χ2n) is 13.5. The second-order valence-corrected chi connectivity index (χ2v) is 16.1. The molecule has 9 atom stereocenters. The molecule has 4 aliphatic carbocycles. The lowest BCUT2D eigenvalue weighted by Gasteiger charge is -2.63. The first-order chi connectivity index (χ1) is 20.1. The molecule has 0 aromatic heterocycles. The molecule has 0 spiro atoms. The smallest absolute Gasteiger partial charge is 0.325 e. The van der Waals surface area contributed by atoms with Gasteiger partial charge in [0, 0.05) is 35.2 Å². The minimum Gasteiger partial charge on any atom is -0.453 e. The zero-order chi connectivity index (χ0) is 31.8. The fraction of sp³-hybridized carbons (Fsp3) is 0.774. The summed E-state index contributed by atoms with van der Waals surface area (Å²) in [6, 6.07) is -0.703. The average Bonchev–Trinajstić information content (AvgIpc) is 3.12. The van der Waals surface area contributed by atoms with E-state index in [2.05, 4.69) is 0 Å². The molecule has 0 heterocycles. The highest BCUT2D eigenvalue weighted by Crippen LogP contribution is 2.71. The number of fused-ring (bicyclic) bond motifs is 5. The Morgan fingerprint density at radius 3 is 2.44 bits per heavy atom. The van der Waals surface area contributed by atoms with E-state index >= 15 is 8.78 Å². The summed E-state index contributed by atoms with van der Waals surface area (Å²) in [4.78, 5) is 43.2. The lowest BCUT2D eigenvalue weighted by molar-refractivity contribution is -0.220. The highest BCUT2D eigenvalue weighted by Gasteiger charge is 2.76. The van der Waals surface area contributed by atoms with Gasteiger partial charge in [0.25, 0.3) is 0 Å². The lowest BCUT2D eigenvalue weighted by atomic mass is 9.44. The summed E-state index contributed by atoms with van der Waals surface area (Å²) in [7, 11) is -3.98. The number of rotatable bonds is 12. The molecule has 0 aromatic carbocycles. The third-order valence-electron chi connectivity index (χ3n) is 11.0. The van der Waals surface area contributed by atoms with Crippen molar-refractivity contribution < 1.29 is 47.0 Å². The monoisotopic (exact) mass is 650 g/mol. The summed E-state index contributed by atoms with van der Waals surface area (Å²) in [6.07, 6.45) is 4.79. The maximum absolute atomic E-state index is 17.5. The Kier molecular flexibility index (Phi) is 10.3. The van der Waals surface area contributed by atoms with Crippen molar-refractivity contribution in [2.24, 2.45) is 28.6 Å². The second kappa shape index (κ2) is 12.9. The van der Waals surface area contributed by atoms with Gasteiger partial charge in [0.15, 0.2) is 11.5 Å². The van der Waals surface area contributed by atoms with Gasteiger partial charge in [0.1, 0.15) is 17.8 Å². The number of esters is 1.